The molecule has 0 fully saturated rings. The summed E-state index contributed by atoms with van der Waals surface area (Å²) >= 11 is 0. The van der Waals surface area contributed by atoms with E-state index in [1.807, 2.05) is 18.2 Å². The van der Waals surface area contributed by atoms with Crippen molar-refractivity contribution < 1.29 is 32.9 Å². The van der Waals surface area contributed by atoms with Crippen LogP contribution in [-0.4, -0.2) is 69.2 Å². The van der Waals surface area contributed by atoms with E-state index in [1.54, 1.807) is 0 Å². The smallest absolute Gasteiger partial charge is 0.257 e. The molecule has 0 radical (unpaired) electrons. The lowest BCUT2D eigenvalue weighted by atomic mass is 9.88. The summed E-state index contributed by atoms with van der Waals surface area (Å²) in [5.41, 5.74) is 2.43. The van der Waals surface area contributed by atoms with Crippen LogP contribution in [-0.2, 0) is 27.7 Å². The number of hydrogen-bond acceptors (Lipinski definition) is 8. The molecule has 2 aromatic rings. The molecule has 2 unspecified atom stereocenters. The van der Waals surface area contributed by atoms with E-state index in [-0.39, 0.29) is 36.6 Å². The topological polar surface area (TPSA) is 146 Å². The average Bonchev–Trinajstić information content (AvgIpc) is 2.85. The summed E-state index contributed by atoms with van der Waals surface area (Å²) in [5.74, 6) is 0.636. The van der Waals surface area contributed by atoms with Gasteiger partial charge in [0.25, 0.3) is 5.91 Å². The first-order chi connectivity index (χ1) is 17.6. The van der Waals surface area contributed by atoms with Gasteiger partial charge in [0, 0.05) is 25.2 Å². The number of amides is 1. The molecule has 1 amide bonds. The van der Waals surface area contributed by atoms with Gasteiger partial charge in [0.1, 0.15) is 30.0 Å². The van der Waals surface area contributed by atoms with Crippen LogP contribution in [0, 0.1) is 0 Å². The predicted molar refractivity (Wildman–Crippen MR) is 142 cm³/mol. The van der Waals surface area contributed by atoms with Crippen LogP contribution in [0.15, 0.2) is 36.4 Å². The fourth-order valence-electron chi connectivity index (χ4n) is 4.04. The molecule has 1 aliphatic carbocycles. The summed E-state index contributed by atoms with van der Waals surface area (Å²) < 4.78 is 36.3. The number of hydrogen-bond donors (Lipinski definition) is 5. The van der Waals surface area contributed by atoms with Crippen molar-refractivity contribution in [3.63, 3.8) is 0 Å². The van der Waals surface area contributed by atoms with Gasteiger partial charge in [0.2, 0.25) is 10.0 Å². The molecule has 2 atom stereocenters. The number of aryl methyl sites for hydroxylation is 1. The number of ether oxygens (including phenoxy) is 2. The number of aromatic hydroxyl groups is 1. The molecule has 0 saturated carbocycles. The highest BCUT2D eigenvalue weighted by Crippen LogP contribution is 2.29. The summed E-state index contributed by atoms with van der Waals surface area (Å²) in [4.78, 5) is 11.9. The molecule has 0 aliphatic heterocycles. The van der Waals surface area contributed by atoms with Crippen molar-refractivity contribution in [2.45, 2.75) is 51.2 Å². The quantitative estimate of drug-likeness (QED) is 0.182. The highest BCUT2D eigenvalue weighted by molar-refractivity contribution is 7.92. The third kappa shape index (κ3) is 9.75. The third-order valence-corrected chi connectivity index (χ3v) is 6.57. The molecule has 2 aromatic carbocycles. The van der Waals surface area contributed by atoms with Gasteiger partial charge in [-0.25, -0.2) is 8.42 Å². The van der Waals surface area contributed by atoms with Crippen molar-refractivity contribution in [1.82, 2.24) is 10.6 Å². The van der Waals surface area contributed by atoms with Crippen molar-refractivity contribution in [3.8, 4) is 17.2 Å². The van der Waals surface area contributed by atoms with Gasteiger partial charge in [-0.05, 0) is 61.1 Å². The zero-order chi connectivity index (χ0) is 26.8. The van der Waals surface area contributed by atoms with Crippen LogP contribution < -0.4 is 24.8 Å². The maximum atomic E-state index is 11.9. The van der Waals surface area contributed by atoms with E-state index in [1.165, 1.54) is 23.8 Å². The van der Waals surface area contributed by atoms with Gasteiger partial charge in [0.15, 0.2) is 6.61 Å². The Bertz CT molecular complexity index is 1160. The Morgan fingerprint density at radius 2 is 1.89 bits per heavy atom. The normalized spacial score (nSPS) is 15.9. The molecule has 11 heteroatoms. The van der Waals surface area contributed by atoms with Gasteiger partial charge in [-0.3, -0.25) is 9.52 Å². The number of rotatable bonds is 14. The third-order valence-electron chi connectivity index (χ3n) is 5.98. The first-order valence-corrected chi connectivity index (χ1v) is 14.4. The largest absolute Gasteiger partial charge is 0.506 e. The molecule has 10 nitrogen and oxygen atoms in total. The number of nitrogens with one attached hydrogen (secondary N) is 3. The monoisotopic (exact) mass is 535 g/mol. The molecular weight excluding hydrogens is 498 g/mol. The highest BCUT2D eigenvalue weighted by atomic mass is 32.2. The van der Waals surface area contributed by atoms with Crippen LogP contribution in [0.2, 0.25) is 0 Å². The number of anilines is 1. The van der Waals surface area contributed by atoms with Crippen LogP contribution in [0.3, 0.4) is 0 Å². The van der Waals surface area contributed by atoms with Gasteiger partial charge in [-0.2, -0.15) is 0 Å². The number of phenols is 1. The number of aliphatic hydroxyl groups is 1. The second kappa shape index (κ2) is 13.5. The van der Waals surface area contributed by atoms with E-state index in [0.717, 1.165) is 43.9 Å². The van der Waals surface area contributed by atoms with E-state index in [2.05, 4.69) is 22.3 Å². The lowest BCUT2D eigenvalue weighted by molar-refractivity contribution is -0.123. The molecule has 0 heterocycles. The van der Waals surface area contributed by atoms with Crippen molar-refractivity contribution in [2.75, 3.05) is 37.3 Å². The Balaban J connectivity index is 1.44. The molecular formula is C26H37N3O7S. The molecule has 1 aliphatic rings. The van der Waals surface area contributed by atoms with Gasteiger partial charge in [0.05, 0.1) is 11.9 Å². The number of carbonyl (C=O) groups excluding carboxylic acids is 1. The summed E-state index contributed by atoms with van der Waals surface area (Å²) in [6.07, 6.45) is 4.78. The van der Waals surface area contributed by atoms with Gasteiger partial charge in [-0.15, -0.1) is 0 Å². The fraction of sp³-hybridized carbons (Fsp3) is 0.500. The number of fused-ring (bicyclic) bond motifs is 1. The fourth-order valence-corrected chi connectivity index (χ4v) is 4.61. The summed E-state index contributed by atoms with van der Waals surface area (Å²) in [7, 11) is -3.56. The maximum absolute atomic E-state index is 11.9. The van der Waals surface area contributed by atoms with Crippen LogP contribution >= 0.6 is 0 Å². The predicted octanol–water partition coefficient (Wildman–Crippen LogP) is 1.95. The van der Waals surface area contributed by atoms with Gasteiger partial charge < -0.3 is 30.3 Å². The molecule has 3 rings (SSSR count). The Morgan fingerprint density at radius 1 is 1.14 bits per heavy atom. The van der Waals surface area contributed by atoms with Crippen LogP contribution in [0.25, 0.3) is 0 Å². The van der Waals surface area contributed by atoms with Crippen molar-refractivity contribution in [3.05, 3.63) is 47.5 Å². The summed E-state index contributed by atoms with van der Waals surface area (Å²) in [5, 5.41) is 26.4. The highest BCUT2D eigenvalue weighted by Gasteiger charge is 2.20. The lowest BCUT2D eigenvalue weighted by Gasteiger charge is -2.27. The Labute approximate surface area is 218 Å². The molecule has 5 N–H and O–H groups in total. The molecule has 0 spiro atoms. The van der Waals surface area contributed by atoms with Crippen LogP contribution in [0.4, 0.5) is 5.69 Å². The first kappa shape index (κ1) is 28.5. The average molecular weight is 536 g/mol. The number of phenolic OH excluding ortho intramolecular Hbond substituents is 1. The Morgan fingerprint density at radius 3 is 2.65 bits per heavy atom. The number of benzene rings is 2. The van der Waals surface area contributed by atoms with E-state index in [4.69, 9.17) is 9.47 Å². The van der Waals surface area contributed by atoms with Crippen LogP contribution in [0.5, 0.6) is 17.2 Å². The second-order valence-electron chi connectivity index (χ2n) is 9.29. The number of sulfonamides is 1. The number of carbonyl (C=O) groups is 1. The van der Waals surface area contributed by atoms with Gasteiger partial charge >= 0.3 is 0 Å². The lowest BCUT2D eigenvalue weighted by Crippen LogP contribution is -2.40. The summed E-state index contributed by atoms with van der Waals surface area (Å²) in [6.45, 7) is 3.04. The first-order valence-electron chi connectivity index (χ1n) is 12.5. The molecule has 0 aromatic heterocycles. The molecule has 204 valence electrons. The second-order valence-corrected chi connectivity index (χ2v) is 11.0. The zero-order valence-electron chi connectivity index (χ0n) is 21.3. The van der Waals surface area contributed by atoms with Crippen molar-refractivity contribution in [2.24, 2.45) is 0 Å². The maximum Gasteiger partial charge on any atom is 0.257 e. The SMILES string of the molecule is CCCCNC(=O)COc1ccc2c(c1)CC(NCC(O)COc1ccc(O)c(NS(C)(=O)=O)c1)CC2. The van der Waals surface area contributed by atoms with E-state index in [9.17, 15) is 23.4 Å². The number of unbranched alkanes of at least 4 members (excludes halogenated alkanes) is 1. The minimum absolute atomic E-state index is 0.00228. The van der Waals surface area contributed by atoms with E-state index in [0.29, 0.717) is 24.6 Å². The Kier molecular flexibility index (Phi) is 10.4. The molecule has 0 bridgehead atoms. The molecule has 37 heavy (non-hydrogen) atoms. The van der Waals surface area contributed by atoms with Gasteiger partial charge in [-0.1, -0.05) is 19.4 Å². The Hall–Kier alpha value is -3.02. The molecule has 0 saturated heterocycles. The summed E-state index contributed by atoms with van der Waals surface area (Å²) in [6, 6.07) is 10.3. The zero-order valence-corrected chi connectivity index (χ0v) is 22.1. The standard InChI is InChI=1S/C26H37N3O7S/c1-3-4-11-27-26(32)17-36-22-8-6-18-5-7-20(12-19(18)13-22)28-15-21(30)16-35-23-9-10-25(31)24(14-23)29-37(2,33)34/h6,8-10,13-14,20-21,28-31H,3-5,7,11-12,15-17H2,1-2H3,(H,27,32). The van der Waals surface area contributed by atoms with E-state index >= 15 is 0 Å². The minimum atomic E-state index is -3.56. The van der Waals surface area contributed by atoms with E-state index < -0.39 is 16.1 Å². The van der Waals surface area contributed by atoms with Crippen molar-refractivity contribution >= 4 is 21.6 Å². The van der Waals surface area contributed by atoms with Crippen LogP contribution in [0.1, 0.15) is 37.3 Å². The number of aliphatic hydroxyl groups excluding tert-OH is 1. The minimum Gasteiger partial charge on any atom is -0.506 e. The van der Waals surface area contributed by atoms with Crippen molar-refractivity contribution in [1.29, 1.82) is 0 Å².